The van der Waals surface area contributed by atoms with Crippen LogP contribution in [0.15, 0.2) is 4.99 Å². The van der Waals surface area contributed by atoms with Gasteiger partial charge in [-0.2, -0.15) is 5.10 Å². The van der Waals surface area contributed by atoms with Gasteiger partial charge in [0.1, 0.15) is 0 Å². The van der Waals surface area contributed by atoms with E-state index < -0.39 is 0 Å². The highest BCUT2D eigenvalue weighted by Crippen LogP contribution is 2.28. The molecule has 1 N–H and O–H groups in total. The molecule has 1 heterocycles. The van der Waals surface area contributed by atoms with Gasteiger partial charge in [-0.25, -0.2) is 0 Å². The molecule has 0 saturated heterocycles. The van der Waals surface area contributed by atoms with E-state index in [1.807, 2.05) is 25.7 Å². The average molecular weight is 351 g/mol. The van der Waals surface area contributed by atoms with Gasteiger partial charge in [-0.05, 0) is 32.6 Å². The number of hydrogen-bond acceptors (Lipinski definition) is 4. The molecule has 1 aliphatic rings. The van der Waals surface area contributed by atoms with Crippen LogP contribution in [-0.4, -0.2) is 68.2 Å². The fourth-order valence-corrected chi connectivity index (χ4v) is 2.78. The second-order valence-corrected chi connectivity index (χ2v) is 6.71. The Balaban J connectivity index is 1.81. The number of likely N-dealkylation sites (N-methyl/N-ethyl adjacent to an activating group) is 1. The van der Waals surface area contributed by atoms with Crippen molar-refractivity contribution in [1.82, 2.24) is 20.0 Å². The van der Waals surface area contributed by atoms with E-state index in [2.05, 4.69) is 27.2 Å². The second-order valence-electron chi connectivity index (χ2n) is 6.71. The first kappa shape index (κ1) is 19.7. The first-order valence-corrected chi connectivity index (χ1v) is 9.08. The molecule has 2 rings (SSSR count). The maximum absolute atomic E-state index is 5.72. The van der Waals surface area contributed by atoms with Gasteiger partial charge in [-0.3, -0.25) is 9.67 Å². The molecular weight excluding hydrogens is 318 g/mol. The zero-order valence-electron chi connectivity index (χ0n) is 16.3. The molecule has 0 radical (unpaired) electrons. The van der Waals surface area contributed by atoms with E-state index in [0.717, 1.165) is 43.9 Å². The molecule has 0 aliphatic heterocycles. The number of guanidine groups is 1. The third-order valence-corrected chi connectivity index (χ3v) is 4.66. The first-order chi connectivity index (χ1) is 12.1. The van der Waals surface area contributed by atoms with Gasteiger partial charge in [0.05, 0.1) is 25.5 Å². The molecule has 1 fully saturated rings. The summed E-state index contributed by atoms with van der Waals surface area (Å²) >= 11 is 0. The molecule has 0 aromatic carbocycles. The van der Waals surface area contributed by atoms with Crippen molar-refractivity contribution in [2.45, 2.75) is 39.8 Å². The van der Waals surface area contributed by atoms with Gasteiger partial charge in [-0.15, -0.1) is 0 Å². The first-order valence-electron chi connectivity index (χ1n) is 9.08. The van der Waals surface area contributed by atoms with Crippen molar-refractivity contribution in [3.05, 3.63) is 17.0 Å². The number of nitrogens with one attached hydrogen (secondary N) is 1. The highest BCUT2D eigenvalue weighted by atomic mass is 16.5. The predicted octanol–water partition coefficient (Wildman–Crippen LogP) is 1.58. The van der Waals surface area contributed by atoms with Crippen molar-refractivity contribution in [3.8, 4) is 0 Å². The van der Waals surface area contributed by atoms with Crippen LogP contribution in [0.1, 0.15) is 29.8 Å². The van der Waals surface area contributed by atoms with Gasteiger partial charge in [-0.1, -0.05) is 0 Å². The minimum atomic E-state index is 0.667. The molecule has 1 saturated carbocycles. The summed E-state index contributed by atoms with van der Waals surface area (Å²) in [5.41, 5.74) is 3.44. The van der Waals surface area contributed by atoms with Crippen LogP contribution in [0, 0.1) is 19.8 Å². The average Bonchev–Trinajstić information content (AvgIpc) is 3.38. The number of aliphatic imine (C=N–C) groups is 1. The van der Waals surface area contributed by atoms with Crippen molar-refractivity contribution in [2.24, 2.45) is 10.9 Å². The Morgan fingerprint density at radius 2 is 2.12 bits per heavy atom. The molecular formula is C18H33N5O2. The summed E-state index contributed by atoms with van der Waals surface area (Å²) in [5.74, 6) is 1.68. The van der Waals surface area contributed by atoms with Gasteiger partial charge < -0.3 is 19.7 Å². The third-order valence-electron chi connectivity index (χ3n) is 4.66. The van der Waals surface area contributed by atoms with Gasteiger partial charge in [0.2, 0.25) is 0 Å². The van der Waals surface area contributed by atoms with Gasteiger partial charge >= 0.3 is 0 Å². The van der Waals surface area contributed by atoms with E-state index in [9.17, 15) is 0 Å². The molecule has 0 amide bonds. The fourth-order valence-electron chi connectivity index (χ4n) is 2.78. The maximum Gasteiger partial charge on any atom is 0.193 e. The van der Waals surface area contributed by atoms with Crippen molar-refractivity contribution in [1.29, 1.82) is 0 Å². The topological polar surface area (TPSA) is 63.9 Å². The minimum Gasteiger partial charge on any atom is -0.383 e. The van der Waals surface area contributed by atoms with Crippen LogP contribution in [0.25, 0.3) is 0 Å². The van der Waals surface area contributed by atoms with Crippen molar-refractivity contribution in [3.63, 3.8) is 0 Å². The molecule has 0 unspecified atom stereocenters. The number of ether oxygens (including phenoxy) is 2. The standard InChI is InChI=1S/C18H33N5O2/c1-14-17(15(2)23(21-14)9-10-24-5)12-20-18(19-3)22(4)8-11-25-13-16-6-7-16/h16H,6-13H2,1-5H3,(H,19,20). The lowest BCUT2D eigenvalue weighted by Crippen LogP contribution is -2.40. The summed E-state index contributed by atoms with van der Waals surface area (Å²) < 4.78 is 12.9. The van der Waals surface area contributed by atoms with Crippen LogP contribution in [0.5, 0.6) is 0 Å². The smallest absolute Gasteiger partial charge is 0.193 e. The lowest BCUT2D eigenvalue weighted by Gasteiger charge is -2.22. The Bertz CT molecular complexity index is 566. The van der Waals surface area contributed by atoms with Crippen LogP contribution in [0.2, 0.25) is 0 Å². The van der Waals surface area contributed by atoms with Gasteiger partial charge in [0.25, 0.3) is 0 Å². The van der Waals surface area contributed by atoms with E-state index in [0.29, 0.717) is 13.2 Å². The Morgan fingerprint density at radius 1 is 1.36 bits per heavy atom. The van der Waals surface area contributed by atoms with Crippen molar-refractivity contribution >= 4 is 5.96 Å². The lowest BCUT2D eigenvalue weighted by molar-refractivity contribution is 0.115. The van der Waals surface area contributed by atoms with E-state index in [-0.39, 0.29) is 0 Å². The molecule has 1 aromatic rings. The molecule has 0 bridgehead atoms. The lowest BCUT2D eigenvalue weighted by atomic mass is 10.2. The summed E-state index contributed by atoms with van der Waals surface area (Å²) in [6.45, 7) is 8.77. The Kier molecular flexibility index (Phi) is 7.71. The quantitative estimate of drug-likeness (QED) is 0.394. The molecule has 0 atom stereocenters. The molecule has 25 heavy (non-hydrogen) atoms. The summed E-state index contributed by atoms with van der Waals surface area (Å²) in [4.78, 5) is 6.48. The highest BCUT2D eigenvalue weighted by Gasteiger charge is 2.21. The van der Waals surface area contributed by atoms with E-state index in [4.69, 9.17) is 9.47 Å². The molecule has 0 spiro atoms. The second kappa shape index (κ2) is 9.77. The zero-order chi connectivity index (χ0) is 18.2. The summed E-state index contributed by atoms with van der Waals surface area (Å²) in [7, 11) is 5.56. The molecule has 1 aliphatic carbocycles. The summed E-state index contributed by atoms with van der Waals surface area (Å²) in [6, 6.07) is 0. The number of aromatic nitrogens is 2. The summed E-state index contributed by atoms with van der Waals surface area (Å²) in [6.07, 6.45) is 2.66. The van der Waals surface area contributed by atoms with Crippen LogP contribution < -0.4 is 5.32 Å². The molecule has 7 nitrogen and oxygen atoms in total. The number of aryl methyl sites for hydroxylation is 1. The summed E-state index contributed by atoms with van der Waals surface area (Å²) in [5, 5.41) is 8.04. The Morgan fingerprint density at radius 3 is 2.76 bits per heavy atom. The van der Waals surface area contributed by atoms with E-state index in [1.54, 1.807) is 7.11 Å². The number of hydrogen-bond donors (Lipinski definition) is 1. The van der Waals surface area contributed by atoms with Crippen LogP contribution in [-0.2, 0) is 22.6 Å². The van der Waals surface area contributed by atoms with E-state index in [1.165, 1.54) is 24.1 Å². The minimum absolute atomic E-state index is 0.667. The fraction of sp³-hybridized carbons (Fsp3) is 0.778. The SMILES string of the molecule is CN=C(NCc1c(C)nn(CCOC)c1C)N(C)CCOCC1CC1. The van der Waals surface area contributed by atoms with Crippen molar-refractivity contribution < 1.29 is 9.47 Å². The van der Waals surface area contributed by atoms with Crippen LogP contribution in [0.4, 0.5) is 0 Å². The number of methoxy groups -OCH3 is 1. The van der Waals surface area contributed by atoms with Gasteiger partial charge in [0, 0.05) is 52.2 Å². The largest absolute Gasteiger partial charge is 0.383 e. The van der Waals surface area contributed by atoms with Crippen LogP contribution in [0.3, 0.4) is 0 Å². The molecule has 142 valence electrons. The van der Waals surface area contributed by atoms with Crippen LogP contribution >= 0.6 is 0 Å². The highest BCUT2D eigenvalue weighted by molar-refractivity contribution is 5.79. The van der Waals surface area contributed by atoms with Gasteiger partial charge in [0.15, 0.2) is 5.96 Å². The van der Waals surface area contributed by atoms with Crippen molar-refractivity contribution in [2.75, 3.05) is 47.6 Å². The van der Waals surface area contributed by atoms with E-state index >= 15 is 0 Å². The Labute approximate surface area is 151 Å². The Hall–Kier alpha value is -1.60. The third kappa shape index (κ3) is 6.01. The number of rotatable bonds is 10. The monoisotopic (exact) mass is 351 g/mol. The molecule has 7 heteroatoms. The molecule has 1 aromatic heterocycles. The predicted molar refractivity (Wildman–Crippen MR) is 99.9 cm³/mol. The normalized spacial score (nSPS) is 14.8. The zero-order valence-corrected chi connectivity index (χ0v) is 16.3. The number of nitrogens with zero attached hydrogens (tertiary/aromatic N) is 4. The maximum atomic E-state index is 5.72.